The summed E-state index contributed by atoms with van der Waals surface area (Å²) in [6.45, 7) is 7.56. The number of hydrogen-bond acceptors (Lipinski definition) is 4. The highest BCUT2D eigenvalue weighted by Gasteiger charge is 2.37. The molecule has 0 radical (unpaired) electrons. The lowest BCUT2D eigenvalue weighted by molar-refractivity contribution is -0.139. The molecule has 1 aliphatic heterocycles. The molecule has 1 atom stereocenters. The number of amides is 2. The largest absolute Gasteiger partial charge is 0.340 e. The zero-order chi connectivity index (χ0) is 21.9. The van der Waals surface area contributed by atoms with E-state index in [2.05, 4.69) is 20.8 Å². The van der Waals surface area contributed by atoms with Crippen LogP contribution in [0.1, 0.15) is 46.5 Å². The van der Waals surface area contributed by atoms with Gasteiger partial charge in [0.25, 0.3) is 0 Å². The summed E-state index contributed by atoms with van der Waals surface area (Å²) in [5.41, 5.74) is 0. The summed E-state index contributed by atoms with van der Waals surface area (Å²) in [4.78, 5) is 29.3. The highest BCUT2D eigenvalue weighted by molar-refractivity contribution is 7.89. The van der Waals surface area contributed by atoms with Gasteiger partial charge in [-0.1, -0.05) is 32.0 Å². The average Bonchev–Trinajstić information content (AvgIpc) is 3.57. The predicted molar refractivity (Wildman–Crippen MR) is 115 cm³/mol. The van der Waals surface area contributed by atoms with Crippen molar-refractivity contribution in [2.24, 2.45) is 5.92 Å². The van der Waals surface area contributed by atoms with E-state index in [4.69, 9.17) is 0 Å². The van der Waals surface area contributed by atoms with Crippen molar-refractivity contribution < 1.29 is 18.0 Å². The monoisotopic (exact) mass is 435 g/mol. The van der Waals surface area contributed by atoms with Gasteiger partial charge < -0.3 is 9.80 Å². The Balaban J connectivity index is 1.50. The summed E-state index contributed by atoms with van der Waals surface area (Å²) in [6.07, 6.45) is 2.50. The molecule has 1 aromatic rings. The van der Waals surface area contributed by atoms with E-state index in [-0.39, 0.29) is 48.7 Å². The second kappa shape index (κ2) is 9.47. The number of nitrogens with zero attached hydrogens (tertiary/aromatic N) is 3. The molecule has 1 aliphatic carbocycles. The van der Waals surface area contributed by atoms with E-state index in [9.17, 15) is 18.0 Å². The molecule has 0 N–H and O–H groups in total. The van der Waals surface area contributed by atoms with Crippen LogP contribution in [0.15, 0.2) is 35.2 Å². The quantitative estimate of drug-likeness (QED) is 0.628. The van der Waals surface area contributed by atoms with E-state index in [1.54, 1.807) is 35.2 Å². The molecule has 1 saturated heterocycles. The molecule has 30 heavy (non-hydrogen) atoms. The first-order chi connectivity index (χ1) is 14.2. The highest BCUT2D eigenvalue weighted by atomic mass is 32.2. The van der Waals surface area contributed by atoms with Crippen LogP contribution < -0.4 is 0 Å². The minimum atomic E-state index is -3.53. The average molecular weight is 436 g/mol. The van der Waals surface area contributed by atoms with Gasteiger partial charge in [0.15, 0.2) is 0 Å². The maximum Gasteiger partial charge on any atom is 0.243 e. The summed E-state index contributed by atoms with van der Waals surface area (Å²) in [7, 11) is -3.53. The van der Waals surface area contributed by atoms with Crippen molar-refractivity contribution in [2.45, 2.75) is 63.4 Å². The van der Waals surface area contributed by atoms with Crippen LogP contribution in [0.2, 0.25) is 0 Å². The summed E-state index contributed by atoms with van der Waals surface area (Å²) in [6, 6.07) is 8.86. The molecular formula is C22H33N3O4S. The number of rotatable bonds is 8. The fourth-order valence-corrected chi connectivity index (χ4v) is 5.30. The zero-order valence-electron chi connectivity index (χ0n) is 18.2. The van der Waals surface area contributed by atoms with Crippen molar-refractivity contribution in [3.05, 3.63) is 30.3 Å². The Kier molecular flexibility index (Phi) is 7.18. The van der Waals surface area contributed by atoms with Crippen LogP contribution in [0.4, 0.5) is 0 Å². The van der Waals surface area contributed by atoms with Crippen LogP contribution in [0.25, 0.3) is 0 Å². The van der Waals surface area contributed by atoms with Crippen LogP contribution in [-0.2, 0) is 19.6 Å². The van der Waals surface area contributed by atoms with Crippen LogP contribution >= 0.6 is 0 Å². The van der Waals surface area contributed by atoms with E-state index < -0.39 is 10.0 Å². The lowest BCUT2D eigenvalue weighted by Gasteiger charge is -2.35. The van der Waals surface area contributed by atoms with Gasteiger partial charge in [-0.25, -0.2) is 8.42 Å². The van der Waals surface area contributed by atoms with Gasteiger partial charge in [-0.2, -0.15) is 4.31 Å². The molecule has 1 unspecified atom stereocenters. The van der Waals surface area contributed by atoms with E-state index in [1.807, 2.05) is 4.90 Å². The minimum absolute atomic E-state index is 0.0531. The minimum Gasteiger partial charge on any atom is -0.340 e. The highest BCUT2D eigenvalue weighted by Crippen LogP contribution is 2.31. The second-order valence-electron chi connectivity index (χ2n) is 8.61. The zero-order valence-corrected chi connectivity index (χ0v) is 19.0. The van der Waals surface area contributed by atoms with Gasteiger partial charge in [0, 0.05) is 51.1 Å². The Morgan fingerprint density at radius 1 is 1.00 bits per heavy atom. The van der Waals surface area contributed by atoms with Crippen molar-refractivity contribution in [3.8, 4) is 0 Å². The van der Waals surface area contributed by atoms with E-state index >= 15 is 0 Å². The maximum absolute atomic E-state index is 12.8. The molecule has 3 rings (SSSR count). The van der Waals surface area contributed by atoms with E-state index in [0.29, 0.717) is 25.0 Å². The van der Waals surface area contributed by atoms with Gasteiger partial charge in [0.05, 0.1) is 4.90 Å². The van der Waals surface area contributed by atoms with Crippen LogP contribution in [0.3, 0.4) is 0 Å². The first-order valence-corrected chi connectivity index (χ1v) is 12.3. The Morgan fingerprint density at radius 2 is 1.60 bits per heavy atom. The fourth-order valence-electron chi connectivity index (χ4n) is 3.86. The van der Waals surface area contributed by atoms with E-state index in [0.717, 1.165) is 12.8 Å². The summed E-state index contributed by atoms with van der Waals surface area (Å²) in [5, 5.41) is 0. The molecule has 8 heteroatoms. The molecule has 2 amide bonds. The van der Waals surface area contributed by atoms with Gasteiger partial charge >= 0.3 is 0 Å². The first kappa shape index (κ1) is 22.7. The van der Waals surface area contributed by atoms with Gasteiger partial charge in [-0.3, -0.25) is 9.59 Å². The number of carbonyl (C=O) groups excluding carboxylic acids is 2. The van der Waals surface area contributed by atoms with Gasteiger partial charge in [-0.05, 0) is 37.8 Å². The number of piperazine rings is 1. The lowest BCUT2D eigenvalue weighted by Crippen LogP contribution is -2.50. The number of carbonyl (C=O) groups is 2. The third-order valence-corrected chi connectivity index (χ3v) is 8.07. The van der Waals surface area contributed by atoms with Gasteiger partial charge in [-0.15, -0.1) is 0 Å². The fraction of sp³-hybridized carbons (Fsp3) is 0.636. The molecule has 166 valence electrons. The Labute approximate surface area is 180 Å². The first-order valence-electron chi connectivity index (χ1n) is 10.9. The van der Waals surface area contributed by atoms with Crippen LogP contribution in [0.5, 0.6) is 0 Å². The van der Waals surface area contributed by atoms with Crippen molar-refractivity contribution in [1.82, 2.24) is 14.1 Å². The van der Waals surface area contributed by atoms with E-state index in [1.165, 1.54) is 4.31 Å². The molecule has 1 aromatic carbocycles. The Morgan fingerprint density at radius 3 is 2.13 bits per heavy atom. The normalized spacial score (nSPS) is 19.0. The maximum atomic E-state index is 12.8. The van der Waals surface area contributed by atoms with Crippen molar-refractivity contribution in [1.29, 1.82) is 0 Å². The summed E-state index contributed by atoms with van der Waals surface area (Å²) >= 11 is 0. The summed E-state index contributed by atoms with van der Waals surface area (Å²) < 4.78 is 26.9. The smallest absolute Gasteiger partial charge is 0.243 e. The third-order valence-electron chi connectivity index (χ3n) is 6.16. The molecule has 0 aromatic heterocycles. The molecule has 0 spiro atoms. The molecule has 1 heterocycles. The molecule has 2 fully saturated rings. The topological polar surface area (TPSA) is 78.0 Å². The van der Waals surface area contributed by atoms with Crippen LogP contribution in [-0.4, -0.2) is 72.6 Å². The van der Waals surface area contributed by atoms with Crippen molar-refractivity contribution in [2.75, 3.05) is 26.2 Å². The number of benzene rings is 1. The molecular weight excluding hydrogens is 402 g/mol. The lowest BCUT2D eigenvalue weighted by atomic mass is 10.0. The Bertz CT molecular complexity index is 844. The summed E-state index contributed by atoms with van der Waals surface area (Å²) in [5.74, 6) is 0.357. The SMILES string of the molecule is CC(C)C(C)N(C(=O)CCC(=O)N1CCN(S(=O)(=O)c2ccccc2)CC1)C1CC1. The molecule has 2 aliphatic rings. The van der Waals surface area contributed by atoms with Crippen LogP contribution in [0, 0.1) is 5.92 Å². The van der Waals surface area contributed by atoms with Crippen molar-refractivity contribution >= 4 is 21.8 Å². The third kappa shape index (κ3) is 5.21. The predicted octanol–water partition coefficient (Wildman–Crippen LogP) is 2.34. The number of sulfonamides is 1. The molecule has 0 bridgehead atoms. The standard InChI is InChI=1S/C22H33N3O4S/c1-17(2)18(3)25(19-9-10-19)22(27)12-11-21(26)23-13-15-24(16-14-23)30(28,29)20-7-5-4-6-8-20/h4-8,17-19H,9-16H2,1-3H3. The molecule has 7 nitrogen and oxygen atoms in total. The Hall–Kier alpha value is -1.93. The van der Waals surface area contributed by atoms with Gasteiger partial charge in [0.1, 0.15) is 0 Å². The number of hydrogen-bond donors (Lipinski definition) is 0. The van der Waals surface area contributed by atoms with Crippen molar-refractivity contribution in [3.63, 3.8) is 0 Å². The second-order valence-corrected chi connectivity index (χ2v) is 10.6. The molecule has 1 saturated carbocycles. The van der Waals surface area contributed by atoms with Gasteiger partial charge in [0.2, 0.25) is 21.8 Å².